The third kappa shape index (κ3) is 8.13. The minimum Gasteiger partial charge on any atom is -0.491 e. The van der Waals surface area contributed by atoms with Crippen LogP contribution in [0.5, 0.6) is 11.5 Å². The van der Waals surface area contributed by atoms with Crippen molar-refractivity contribution in [2.24, 2.45) is 0 Å². The molecule has 3 aromatic carbocycles. The summed E-state index contributed by atoms with van der Waals surface area (Å²) in [5.41, 5.74) is 0.174. The maximum absolute atomic E-state index is 14.6. The van der Waals surface area contributed by atoms with Gasteiger partial charge in [-0.1, -0.05) is 25.4 Å². The minimum absolute atomic E-state index is 0.187. The van der Waals surface area contributed by atoms with Gasteiger partial charge in [-0.3, -0.25) is 9.52 Å². The molecular formula is C30H29ClF4N2O5S2. The van der Waals surface area contributed by atoms with Crippen molar-refractivity contribution in [2.45, 2.75) is 52.5 Å². The first-order chi connectivity index (χ1) is 20.3. The van der Waals surface area contributed by atoms with Gasteiger partial charge in [-0.2, -0.15) is 0 Å². The highest BCUT2D eigenvalue weighted by Crippen LogP contribution is 2.40. The zero-order valence-electron chi connectivity index (χ0n) is 24.2. The van der Waals surface area contributed by atoms with Gasteiger partial charge in [0, 0.05) is 26.9 Å². The Balaban J connectivity index is 1.65. The Kier molecular flexibility index (Phi) is 9.43. The average Bonchev–Trinajstić information content (AvgIpc) is 3.29. The Morgan fingerprint density at radius 2 is 1.64 bits per heavy atom. The number of benzene rings is 3. The molecule has 0 spiro atoms. The van der Waals surface area contributed by atoms with Crippen molar-refractivity contribution in [2.75, 3.05) is 15.8 Å². The van der Waals surface area contributed by atoms with Gasteiger partial charge in [0.25, 0.3) is 5.91 Å². The van der Waals surface area contributed by atoms with E-state index in [1.165, 1.54) is 31.2 Å². The number of thiophene rings is 1. The van der Waals surface area contributed by atoms with Crippen LogP contribution in [-0.2, 0) is 15.4 Å². The standard InChI is InChI=1S/C30H29ClF4N2O5S2/c1-6-44(39,40)37-25-7-17-8-27(43-26(17)15-24(25)32)28(38)36-21-10-18(9-20(31)13-21)29(4,5)19-11-22(41-16(2)3)14-23(12-19)42-30(33,34)35/h7-16,37H,6H2,1-5H3,(H,36,38). The first kappa shape index (κ1) is 33.3. The predicted octanol–water partition coefficient (Wildman–Crippen LogP) is 8.72. The topological polar surface area (TPSA) is 93.7 Å². The third-order valence-electron chi connectivity index (χ3n) is 6.56. The summed E-state index contributed by atoms with van der Waals surface area (Å²) in [5.74, 6) is -1.80. The van der Waals surface area contributed by atoms with E-state index in [1.807, 2.05) is 0 Å². The van der Waals surface area contributed by atoms with Gasteiger partial charge in [-0.05, 0) is 85.8 Å². The van der Waals surface area contributed by atoms with Crippen LogP contribution in [0.15, 0.2) is 54.6 Å². The molecule has 4 rings (SSSR count). The van der Waals surface area contributed by atoms with Crippen LogP contribution in [0.2, 0.25) is 5.02 Å². The Bertz CT molecular complexity index is 1820. The maximum Gasteiger partial charge on any atom is 0.573 e. The monoisotopic (exact) mass is 672 g/mol. The first-order valence-electron chi connectivity index (χ1n) is 13.3. The van der Waals surface area contributed by atoms with Crippen LogP contribution in [0.25, 0.3) is 10.1 Å². The van der Waals surface area contributed by atoms with Crippen LogP contribution < -0.4 is 19.5 Å². The van der Waals surface area contributed by atoms with E-state index in [9.17, 15) is 30.8 Å². The number of nitrogens with one attached hydrogen (secondary N) is 2. The molecule has 7 nitrogen and oxygen atoms in total. The van der Waals surface area contributed by atoms with Crippen molar-refractivity contribution in [1.82, 2.24) is 0 Å². The summed E-state index contributed by atoms with van der Waals surface area (Å²) in [6.45, 7) is 8.47. The van der Waals surface area contributed by atoms with Gasteiger partial charge in [0.15, 0.2) is 0 Å². The van der Waals surface area contributed by atoms with Crippen LogP contribution in [0.3, 0.4) is 0 Å². The molecule has 2 N–H and O–H groups in total. The molecule has 0 atom stereocenters. The second-order valence-corrected chi connectivity index (χ2v) is 14.2. The summed E-state index contributed by atoms with van der Waals surface area (Å²) in [6, 6.07) is 12.8. The van der Waals surface area contributed by atoms with E-state index >= 15 is 0 Å². The number of carbonyl (C=O) groups is 1. The molecule has 0 fully saturated rings. The number of hydrogen-bond acceptors (Lipinski definition) is 6. The highest BCUT2D eigenvalue weighted by molar-refractivity contribution is 7.92. The molecule has 0 bridgehead atoms. The van der Waals surface area contributed by atoms with Gasteiger partial charge in [0.05, 0.1) is 22.4 Å². The lowest BCUT2D eigenvalue weighted by atomic mass is 9.78. The largest absolute Gasteiger partial charge is 0.573 e. The summed E-state index contributed by atoms with van der Waals surface area (Å²) in [5, 5.41) is 3.49. The van der Waals surface area contributed by atoms with Crippen molar-refractivity contribution in [3.05, 3.63) is 81.4 Å². The third-order valence-corrected chi connectivity index (χ3v) is 9.17. The number of carbonyl (C=O) groups excluding carboxylic acids is 1. The Hall–Kier alpha value is -3.55. The van der Waals surface area contributed by atoms with E-state index in [4.69, 9.17) is 16.3 Å². The SMILES string of the molecule is CCS(=O)(=O)Nc1cc2cc(C(=O)Nc3cc(Cl)cc(C(C)(C)c4cc(OC(C)C)cc(OC(F)(F)F)c4)c3)sc2cc1F. The highest BCUT2D eigenvalue weighted by atomic mass is 35.5. The molecule has 4 aromatic rings. The van der Waals surface area contributed by atoms with Crippen molar-refractivity contribution < 1.29 is 40.2 Å². The number of halogens is 5. The second kappa shape index (κ2) is 12.4. The number of rotatable bonds is 10. The highest BCUT2D eigenvalue weighted by Gasteiger charge is 2.33. The molecule has 14 heteroatoms. The summed E-state index contributed by atoms with van der Waals surface area (Å²) in [6.07, 6.45) is -5.22. The number of fused-ring (bicyclic) bond motifs is 1. The van der Waals surface area contributed by atoms with Crippen LogP contribution in [0.4, 0.5) is 28.9 Å². The number of sulfonamides is 1. The zero-order chi connectivity index (χ0) is 32.6. The number of hydrogen-bond donors (Lipinski definition) is 2. The fourth-order valence-corrected chi connectivity index (χ4v) is 6.17. The number of ether oxygens (including phenoxy) is 2. The molecular weight excluding hydrogens is 644 g/mol. The van der Waals surface area contributed by atoms with Crippen molar-refractivity contribution in [1.29, 1.82) is 0 Å². The van der Waals surface area contributed by atoms with Gasteiger partial charge < -0.3 is 14.8 Å². The fraction of sp³-hybridized carbons (Fsp3) is 0.300. The molecule has 1 heterocycles. The summed E-state index contributed by atoms with van der Waals surface area (Å²) >= 11 is 7.42. The Morgan fingerprint density at radius 1 is 0.977 bits per heavy atom. The molecule has 1 aromatic heterocycles. The molecule has 44 heavy (non-hydrogen) atoms. The molecule has 0 aliphatic heterocycles. The molecule has 236 valence electrons. The van der Waals surface area contributed by atoms with Crippen molar-refractivity contribution in [3.63, 3.8) is 0 Å². The number of amides is 1. The van der Waals surface area contributed by atoms with Gasteiger partial charge in [-0.15, -0.1) is 24.5 Å². The molecule has 0 aliphatic carbocycles. The van der Waals surface area contributed by atoms with E-state index in [0.29, 0.717) is 26.9 Å². The lowest BCUT2D eigenvalue weighted by Crippen LogP contribution is -2.22. The van der Waals surface area contributed by atoms with Crippen LogP contribution in [0, 0.1) is 5.82 Å². The summed E-state index contributed by atoms with van der Waals surface area (Å²) < 4.78 is 90.1. The van der Waals surface area contributed by atoms with E-state index in [-0.39, 0.29) is 33.2 Å². The normalized spacial score (nSPS) is 12.4. The smallest absolute Gasteiger partial charge is 0.491 e. The van der Waals surface area contributed by atoms with Gasteiger partial charge in [0.1, 0.15) is 17.3 Å². The molecule has 0 saturated carbocycles. The zero-order valence-corrected chi connectivity index (χ0v) is 26.6. The first-order valence-corrected chi connectivity index (χ1v) is 16.1. The molecule has 0 radical (unpaired) electrons. The molecule has 0 saturated heterocycles. The van der Waals surface area contributed by atoms with Gasteiger partial charge >= 0.3 is 6.36 Å². The minimum atomic E-state index is -4.91. The average molecular weight is 673 g/mol. The molecule has 1 amide bonds. The van der Waals surface area contributed by atoms with Gasteiger partial charge in [0.2, 0.25) is 10.0 Å². The van der Waals surface area contributed by atoms with E-state index in [2.05, 4.69) is 14.8 Å². The van der Waals surface area contributed by atoms with Crippen LogP contribution in [-0.4, -0.2) is 32.5 Å². The quantitative estimate of drug-likeness (QED) is 0.164. The van der Waals surface area contributed by atoms with Crippen LogP contribution >= 0.6 is 22.9 Å². The second-order valence-electron chi connectivity index (χ2n) is 10.7. The summed E-state index contributed by atoms with van der Waals surface area (Å²) in [4.78, 5) is 13.4. The fourth-order valence-electron chi connectivity index (χ4n) is 4.34. The van der Waals surface area contributed by atoms with Crippen molar-refractivity contribution >= 4 is 60.3 Å². The van der Waals surface area contributed by atoms with E-state index in [0.717, 1.165) is 23.5 Å². The molecule has 0 aliphatic rings. The number of alkyl halides is 3. The number of anilines is 2. The predicted molar refractivity (Wildman–Crippen MR) is 165 cm³/mol. The van der Waals surface area contributed by atoms with Crippen molar-refractivity contribution in [3.8, 4) is 11.5 Å². The lowest BCUT2D eigenvalue weighted by molar-refractivity contribution is -0.274. The van der Waals surface area contributed by atoms with Gasteiger partial charge in [-0.25, -0.2) is 12.8 Å². The van der Waals surface area contributed by atoms with E-state index < -0.39 is 39.3 Å². The molecule has 0 unspecified atom stereocenters. The lowest BCUT2D eigenvalue weighted by Gasteiger charge is -2.28. The summed E-state index contributed by atoms with van der Waals surface area (Å²) in [7, 11) is -3.72. The van der Waals surface area contributed by atoms with Crippen LogP contribution in [0.1, 0.15) is 55.4 Å². The maximum atomic E-state index is 14.6. The Labute approximate surface area is 261 Å². The Morgan fingerprint density at radius 3 is 2.27 bits per heavy atom. The van der Waals surface area contributed by atoms with E-state index in [1.54, 1.807) is 45.9 Å².